The van der Waals surface area contributed by atoms with E-state index in [4.69, 9.17) is 0 Å². The Labute approximate surface area is 301 Å². The quantitative estimate of drug-likeness (QED) is 0.237. The first-order valence-corrected chi connectivity index (χ1v) is 17.3. The topological polar surface area (TPSA) is 4.93 Å². The zero-order chi connectivity index (χ0) is 30.5. The van der Waals surface area contributed by atoms with E-state index in [0.29, 0.717) is 3.63 Å². The number of halogens is 2. The van der Waals surface area contributed by atoms with Crippen LogP contribution >= 0.6 is 0 Å². The van der Waals surface area contributed by atoms with E-state index in [-0.39, 0.29) is 41.6 Å². The Bertz CT molecular complexity index is 2100. The molecule has 0 saturated heterocycles. The van der Waals surface area contributed by atoms with Crippen molar-refractivity contribution in [3.8, 4) is 27.9 Å². The molecule has 0 aliphatic heterocycles. The predicted molar refractivity (Wildman–Crippen MR) is 181 cm³/mol. The van der Waals surface area contributed by atoms with Crippen LogP contribution in [0.1, 0.15) is 90.2 Å². The Balaban J connectivity index is 0.00000186. The number of benzene rings is 5. The summed E-state index contributed by atoms with van der Waals surface area (Å²) in [6.07, 6.45) is 0. The maximum absolute atomic E-state index is 2.57. The molecule has 0 saturated carbocycles. The third-order valence-electron chi connectivity index (χ3n) is 9.93. The van der Waals surface area contributed by atoms with E-state index >= 15 is 0 Å². The number of para-hydroxylation sites is 2. The maximum Gasteiger partial charge on any atom is -1.00 e. The van der Waals surface area contributed by atoms with Crippen LogP contribution in [0.15, 0.2) is 109 Å². The molecule has 2 unspecified atom stereocenters. The van der Waals surface area contributed by atoms with Gasteiger partial charge >= 0.3 is 278 Å². The van der Waals surface area contributed by atoms with Crippen LogP contribution in [0, 0.1) is 0 Å². The van der Waals surface area contributed by atoms with Crippen LogP contribution < -0.4 is 24.8 Å². The Hall–Kier alpha value is -2.90. The summed E-state index contributed by atoms with van der Waals surface area (Å²) in [5.74, 6) is 0.136. The van der Waals surface area contributed by atoms with Crippen molar-refractivity contribution in [3.63, 3.8) is 0 Å². The first kappa shape index (κ1) is 33.0. The summed E-state index contributed by atoms with van der Waals surface area (Å²) < 4.78 is 2.97. The van der Waals surface area contributed by atoms with Gasteiger partial charge in [0, 0.05) is 0 Å². The van der Waals surface area contributed by atoms with Gasteiger partial charge < -0.3 is 24.8 Å². The molecule has 0 bridgehead atoms. The van der Waals surface area contributed by atoms with Crippen molar-refractivity contribution in [2.24, 2.45) is 0 Å². The van der Waals surface area contributed by atoms with E-state index in [2.05, 4.69) is 155 Å². The minimum Gasteiger partial charge on any atom is -1.00 e. The molecule has 5 aromatic carbocycles. The van der Waals surface area contributed by atoms with Crippen molar-refractivity contribution in [1.82, 2.24) is 4.57 Å². The molecule has 2 atom stereocenters. The molecular formula is C42H38Cl2NZr. The number of fused-ring (bicyclic) bond motifs is 8. The van der Waals surface area contributed by atoms with Gasteiger partial charge in [-0.05, 0) is 0 Å². The molecule has 0 amide bonds. The number of aromatic nitrogens is 1. The fraction of sp³-hybridized carbons (Fsp3) is 0.238. The minimum absolute atomic E-state index is 0. The van der Waals surface area contributed by atoms with Crippen molar-refractivity contribution in [3.05, 3.63) is 148 Å². The smallest absolute Gasteiger partial charge is 1.00 e. The van der Waals surface area contributed by atoms with Crippen molar-refractivity contribution in [2.45, 2.75) is 61.9 Å². The summed E-state index contributed by atoms with van der Waals surface area (Å²) in [6.45, 7) is 14.2. The molecule has 1 heterocycles. The molecule has 6 aromatic rings. The zero-order valence-corrected chi connectivity index (χ0v) is 31.2. The van der Waals surface area contributed by atoms with Gasteiger partial charge in [-0.15, -0.1) is 0 Å². The van der Waals surface area contributed by atoms with Crippen LogP contribution in [0.5, 0.6) is 0 Å². The largest absolute Gasteiger partial charge is 1.00 e. The Morgan fingerprint density at radius 2 is 1.24 bits per heavy atom. The summed E-state index contributed by atoms with van der Waals surface area (Å²) in [4.78, 5) is 0. The minimum atomic E-state index is -0.00715. The fourth-order valence-corrected chi connectivity index (χ4v) is 9.25. The van der Waals surface area contributed by atoms with E-state index < -0.39 is 0 Å². The normalized spacial score (nSPS) is 16.3. The molecule has 46 heavy (non-hydrogen) atoms. The van der Waals surface area contributed by atoms with Gasteiger partial charge in [0.25, 0.3) is 0 Å². The molecule has 1 nitrogen and oxygen atoms in total. The van der Waals surface area contributed by atoms with Crippen molar-refractivity contribution < 1.29 is 49.5 Å². The van der Waals surface area contributed by atoms with Gasteiger partial charge in [-0.25, -0.2) is 0 Å². The first-order valence-electron chi connectivity index (χ1n) is 15.9. The fourth-order valence-electron chi connectivity index (χ4n) is 7.90. The molecule has 0 radical (unpaired) electrons. The summed E-state index contributed by atoms with van der Waals surface area (Å²) >= 11 is 1.55. The summed E-state index contributed by atoms with van der Waals surface area (Å²) in [5.41, 5.74) is 18.6. The summed E-state index contributed by atoms with van der Waals surface area (Å²) in [7, 11) is 0. The SMILES string of the molecule is CC(C)(C)c1ccc2c(c1)[CH]([Zr+2])c1c-2ccc(C(C)(C)C)c1C1c2ccccc2-c2c1n(-c1ccccc1)c1ccccc21.[Cl-].[Cl-]. The van der Waals surface area contributed by atoms with Gasteiger partial charge in [0.1, 0.15) is 0 Å². The average Bonchev–Trinajstić information content (AvgIpc) is 3.61. The van der Waals surface area contributed by atoms with Crippen LogP contribution in [-0.4, -0.2) is 4.57 Å². The molecule has 2 aliphatic carbocycles. The van der Waals surface area contributed by atoms with Crippen molar-refractivity contribution in [2.75, 3.05) is 0 Å². The third kappa shape index (κ3) is 4.82. The van der Waals surface area contributed by atoms with E-state index in [1.807, 2.05) is 0 Å². The van der Waals surface area contributed by atoms with Crippen LogP contribution in [0.4, 0.5) is 0 Å². The Morgan fingerprint density at radius 3 is 1.96 bits per heavy atom. The van der Waals surface area contributed by atoms with Gasteiger partial charge in [0.2, 0.25) is 0 Å². The van der Waals surface area contributed by atoms with E-state index in [9.17, 15) is 0 Å². The third-order valence-corrected chi connectivity index (χ3v) is 11.4. The summed E-state index contributed by atoms with van der Waals surface area (Å²) in [5, 5.41) is 1.34. The van der Waals surface area contributed by atoms with Crippen molar-refractivity contribution >= 4 is 10.9 Å². The van der Waals surface area contributed by atoms with Gasteiger partial charge in [-0.3, -0.25) is 0 Å². The number of hydrogen-bond donors (Lipinski definition) is 0. The van der Waals surface area contributed by atoms with Crippen LogP contribution in [0.2, 0.25) is 0 Å². The second-order valence-electron chi connectivity index (χ2n) is 14.7. The Morgan fingerprint density at radius 1 is 0.587 bits per heavy atom. The van der Waals surface area contributed by atoms with Crippen LogP contribution in [0.3, 0.4) is 0 Å². The van der Waals surface area contributed by atoms with E-state index in [1.165, 1.54) is 72.4 Å². The van der Waals surface area contributed by atoms with Gasteiger partial charge in [0.05, 0.1) is 0 Å². The maximum atomic E-state index is 2.57. The van der Waals surface area contributed by atoms with E-state index in [0.717, 1.165) is 0 Å². The average molecular weight is 719 g/mol. The molecule has 0 fully saturated rings. The number of hydrogen-bond acceptors (Lipinski definition) is 0. The Kier molecular flexibility index (Phi) is 8.37. The summed E-state index contributed by atoms with van der Waals surface area (Å²) in [6, 6.07) is 41.4. The molecule has 2 aliphatic rings. The predicted octanol–water partition coefficient (Wildman–Crippen LogP) is 5.01. The van der Waals surface area contributed by atoms with Crippen LogP contribution in [-0.2, 0) is 35.5 Å². The molecule has 0 N–H and O–H groups in total. The standard InChI is InChI=1S/C42H38N.2ClH.Zr/c1-41(2,3)27-20-21-29-26(24-27)25-34-30(29)22-23-35(42(4,5)6)38(34)39-32-17-11-10-16-31(32)37-33-18-12-13-19-36(33)43(40(37)39)28-14-8-7-9-15-28;;;/h7-25,39H,1-6H3;2*1H;/q;;;+2/p-2. The molecule has 4 heteroatoms. The molecule has 1 aromatic heterocycles. The molecule has 0 spiro atoms. The van der Waals surface area contributed by atoms with Gasteiger partial charge in [-0.1, -0.05) is 0 Å². The van der Waals surface area contributed by atoms with Crippen molar-refractivity contribution in [1.29, 1.82) is 0 Å². The van der Waals surface area contributed by atoms with Crippen LogP contribution in [0.25, 0.3) is 38.8 Å². The molecule has 8 rings (SSSR count). The second kappa shape index (κ2) is 11.7. The molecule has 229 valence electrons. The van der Waals surface area contributed by atoms with Gasteiger partial charge in [-0.2, -0.15) is 0 Å². The number of nitrogens with zero attached hydrogens (tertiary/aromatic N) is 1. The monoisotopic (exact) mass is 716 g/mol. The first-order chi connectivity index (χ1) is 21.1. The molecular weight excluding hydrogens is 681 g/mol. The zero-order valence-electron chi connectivity index (χ0n) is 27.3. The van der Waals surface area contributed by atoms with E-state index in [1.54, 1.807) is 30.3 Å². The second-order valence-corrected chi connectivity index (χ2v) is 16.1. The van der Waals surface area contributed by atoms with Gasteiger partial charge in [0.15, 0.2) is 0 Å². The number of rotatable bonds is 2.